The molecule has 0 saturated carbocycles. The number of hydrogen-bond donors (Lipinski definition) is 1. The molecule has 18 heavy (non-hydrogen) atoms. The van der Waals surface area contributed by atoms with E-state index in [2.05, 4.69) is 0 Å². The van der Waals surface area contributed by atoms with Crippen molar-refractivity contribution in [2.24, 2.45) is 11.7 Å². The number of benzene rings is 1. The van der Waals surface area contributed by atoms with Crippen molar-refractivity contribution in [1.29, 1.82) is 0 Å². The first-order chi connectivity index (χ1) is 8.58. The van der Waals surface area contributed by atoms with Gasteiger partial charge in [0, 0.05) is 11.5 Å². The fourth-order valence-electron chi connectivity index (χ4n) is 2.33. The lowest BCUT2D eigenvalue weighted by Crippen LogP contribution is -2.49. The van der Waals surface area contributed by atoms with Crippen LogP contribution in [0.1, 0.15) is 25.8 Å². The predicted molar refractivity (Wildman–Crippen MR) is 68.2 cm³/mol. The number of hydrogen-bond acceptors (Lipinski definition) is 4. The zero-order valence-electron chi connectivity index (χ0n) is 10.8. The molecule has 0 saturated heterocycles. The van der Waals surface area contributed by atoms with Crippen molar-refractivity contribution in [3.05, 3.63) is 29.8 Å². The van der Waals surface area contributed by atoms with Crippen molar-refractivity contribution in [3.63, 3.8) is 0 Å². The lowest BCUT2D eigenvalue weighted by atomic mass is 9.76. The van der Waals surface area contributed by atoms with Gasteiger partial charge in [-0.1, -0.05) is 25.1 Å². The highest BCUT2D eigenvalue weighted by Gasteiger charge is 2.41. The zero-order chi connectivity index (χ0) is 13.2. The van der Waals surface area contributed by atoms with Gasteiger partial charge in [-0.25, -0.2) is 0 Å². The third-order valence-corrected chi connectivity index (χ3v) is 3.50. The first-order valence-corrected chi connectivity index (χ1v) is 6.24. The Kier molecular flexibility index (Phi) is 3.57. The molecule has 0 aromatic heterocycles. The molecular formula is C14H19NO3. The molecule has 0 amide bonds. The summed E-state index contributed by atoms with van der Waals surface area (Å²) >= 11 is 0. The minimum Gasteiger partial charge on any atom is -0.493 e. The van der Waals surface area contributed by atoms with Crippen LogP contribution >= 0.6 is 0 Å². The van der Waals surface area contributed by atoms with E-state index in [9.17, 15) is 4.79 Å². The number of esters is 1. The van der Waals surface area contributed by atoms with Crippen LogP contribution in [0.25, 0.3) is 0 Å². The molecule has 0 fully saturated rings. The largest absolute Gasteiger partial charge is 0.493 e. The van der Waals surface area contributed by atoms with Gasteiger partial charge in [-0.2, -0.15) is 0 Å². The minimum atomic E-state index is -0.707. The van der Waals surface area contributed by atoms with E-state index in [0.717, 1.165) is 11.3 Å². The lowest BCUT2D eigenvalue weighted by molar-refractivity contribution is -0.145. The topological polar surface area (TPSA) is 61.5 Å². The Morgan fingerprint density at radius 3 is 3.00 bits per heavy atom. The molecule has 0 spiro atoms. The van der Waals surface area contributed by atoms with E-state index in [1.54, 1.807) is 6.92 Å². The summed E-state index contributed by atoms with van der Waals surface area (Å²) in [7, 11) is 0. The van der Waals surface area contributed by atoms with E-state index in [0.29, 0.717) is 13.2 Å². The van der Waals surface area contributed by atoms with Crippen molar-refractivity contribution in [3.8, 4) is 5.75 Å². The van der Waals surface area contributed by atoms with Gasteiger partial charge < -0.3 is 15.2 Å². The van der Waals surface area contributed by atoms with Gasteiger partial charge >= 0.3 is 5.97 Å². The lowest BCUT2D eigenvalue weighted by Gasteiger charge is -2.40. The summed E-state index contributed by atoms with van der Waals surface area (Å²) in [5, 5.41) is 0. The summed E-state index contributed by atoms with van der Waals surface area (Å²) in [5.41, 5.74) is 6.64. The molecule has 4 heteroatoms. The van der Waals surface area contributed by atoms with E-state index < -0.39 is 5.54 Å². The third kappa shape index (κ3) is 2.20. The molecule has 2 atom stereocenters. The van der Waals surface area contributed by atoms with E-state index in [4.69, 9.17) is 15.2 Å². The average Bonchev–Trinajstić information content (AvgIpc) is 2.35. The Bertz CT molecular complexity index is 446. The first kappa shape index (κ1) is 12.9. The highest BCUT2D eigenvalue weighted by molar-refractivity contribution is 5.72. The van der Waals surface area contributed by atoms with Crippen molar-refractivity contribution < 1.29 is 14.3 Å². The number of rotatable bonds is 3. The van der Waals surface area contributed by atoms with Gasteiger partial charge in [0.05, 0.1) is 25.2 Å². The predicted octanol–water partition coefficient (Wildman–Crippen LogP) is 1.82. The fourth-order valence-corrected chi connectivity index (χ4v) is 2.33. The molecule has 1 aliphatic heterocycles. The Hall–Kier alpha value is -1.55. The maximum absolute atomic E-state index is 11.7. The van der Waals surface area contributed by atoms with Gasteiger partial charge in [-0.15, -0.1) is 0 Å². The molecule has 0 aliphatic carbocycles. The summed E-state index contributed by atoms with van der Waals surface area (Å²) in [6.07, 6.45) is 0.183. The first-order valence-electron chi connectivity index (χ1n) is 6.24. The number of ether oxygens (including phenoxy) is 2. The SMILES string of the molecule is CCOC(=O)CC1(N)c2ccccc2OCC1C. The summed E-state index contributed by atoms with van der Waals surface area (Å²) in [5.74, 6) is 0.572. The molecule has 0 bridgehead atoms. The number of carbonyl (C=O) groups excluding carboxylic acids is 1. The van der Waals surface area contributed by atoms with Gasteiger partial charge in [-0.3, -0.25) is 4.79 Å². The number of para-hydroxylation sites is 1. The van der Waals surface area contributed by atoms with Crippen molar-refractivity contribution in [2.75, 3.05) is 13.2 Å². The van der Waals surface area contributed by atoms with Crippen LogP contribution in [-0.2, 0) is 15.1 Å². The smallest absolute Gasteiger partial charge is 0.308 e. The highest BCUT2D eigenvalue weighted by atomic mass is 16.5. The van der Waals surface area contributed by atoms with Gasteiger partial charge in [-0.05, 0) is 13.0 Å². The number of nitrogens with two attached hydrogens (primary N) is 1. The van der Waals surface area contributed by atoms with E-state index in [1.165, 1.54) is 0 Å². The van der Waals surface area contributed by atoms with Crippen LogP contribution in [0.15, 0.2) is 24.3 Å². The van der Waals surface area contributed by atoms with Crippen LogP contribution in [0.3, 0.4) is 0 Å². The fraction of sp³-hybridized carbons (Fsp3) is 0.500. The quantitative estimate of drug-likeness (QED) is 0.830. The molecule has 1 aliphatic rings. The Labute approximate surface area is 107 Å². The number of carbonyl (C=O) groups is 1. The highest BCUT2D eigenvalue weighted by Crippen LogP contribution is 2.40. The van der Waals surface area contributed by atoms with Crippen LogP contribution < -0.4 is 10.5 Å². The second kappa shape index (κ2) is 4.98. The summed E-state index contributed by atoms with van der Waals surface area (Å²) in [6.45, 7) is 4.69. The molecule has 1 aromatic carbocycles. The van der Waals surface area contributed by atoms with Crippen LogP contribution in [0.2, 0.25) is 0 Å². The molecule has 1 heterocycles. The normalized spacial score (nSPS) is 26.1. The Morgan fingerprint density at radius 1 is 1.56 bits per heavy atom. The van der Waals surface area contributed by atoms with Crippen LogP contribution in [-0.4, -0.2) is 19.2 Å². The summed E-state index contributed by atoms with van der Waals surface area (Å²) < 4.78 is 10.7. The Balaban J connectivity index is 2.32. The molecule has 98 valence electrons. The van der Waals surface area contributed by atoms with Crippen molar-refractivity contribution in [2.45, 2.75) is 25.8 Å². The standard InChI is InChI=1S/C14H19NO3/c1-3-17-13(16)8-14(15)10(2)9-18-12-7-5-4-6-11(12)14/h4-7,10H,3,8-9,15H2,1-2H3. The van der Waals surface area contributed by atoms with Gasteiger partial charge in [0.2, 0.25) is 0 Å². The van der Waals surface area contributed by atoms with E-state index >= 15 is 0 Å². The molecular weight excluding hydrogens is 230 g/mol. The maximum atomic E-state index is 11.7. The van der Waals surface area contributed by atoms with Crippen LogP contribution in [0.4, 0.5) is 0 Å². The van der Waals surface area contributed by atoms with Gasteiger partial charge in [0.25, 0.3) is 0 Å². The second-order valence-electron chi connectivity index (χ2n) is 4.73. The van der Waals surface area contributed by atoms with E-state index in [1.807, 2.05) is 31.2 Å². The van der Waals surface area contributed by atoms with Crippen LogP contribution in [0.5, 0.6) is 5.75 Å². The van der Waals surface area contributed by atoms with Crippen molar-refractivity contribution >= 4 is 5.97 Å². The number of fused-ring (bicyclic) bond motifs is 1. The molecule has 2 unspecified atom stereocenters. The summed E-state index contributed by atoms with van der Waals surface area (Å²) in [6, 6.07) is 7.62. The molecule has 1 aromatic rings. The van der Waals surface area contributed by atoms with Gasteiger partial charge in [0.1, 0.15) is 5.75 Å². The minimum absolute atomic E-state index is 0.0665. The zero-order valence-corrected chi connectivity index (χ0v) is 10.8. The molecule has 2 N–H and O–H groups in total. The molecule has 0 radical (unpaired) electrons. The average molecular weight is 249 g/mol. The Morgan fingerprint density at radius 2 is 2.28 bits per heavy atom. The van der Waals surface area contributed by atoms with Gasteiger partial charge in [0.15, 0.2) is 0 Å². The van der Waals surface area contributed by atoms with Crippen LogP contribution in [0, 0.1) is 5.92 Å². The summed E-state index contributed by atoms with van der Waals surface area (Å²) in [4.78, 5) is 11.7. The molecule has 2 rings (SSSR count). The maximum Gasteiger partial charge on any atom is 0.308 e. The monoisotopic (exact) mass is 249 g/mol. The third-order valence-electron chi connectivity index (χ3n) is 3.50. The second-order valence-corrected chi connectivity index (χ2v) is 4.73. The molecule has 4 nitrogen and oxygen atoms in total. The van der Waals surface area contributed by atoms with E-state index in [-0.39, 0.29) is 18.3 Å². The van der Waals surface area contributed by atoms with Crippen molar-refractivity contribution in [1.82, 2.24) is 0 Å².